The van der Waals surface area contributed by atoms with Crippen molar-refractivity contribution in [1.82, 2.24) is 0 Å². The first-order valence-corrected chi connectivity index (χ1v) is 16.8. The Hall–Kier alpha value is -0.160. The lowest BCUT2D eigenvalue weighted by atomic mass is 10.1. The van der Waals surface area contributed by atoms with Crippen LogP contribution in [-0.4, -0.2) is 31.8 Å². The molecule has 2 N–H and O–H groups in total. The van der Waals surface area contributed by atoms with Crippen molar-refractivity contribution in [2.45, 2.75) is 194 Å². The molecular formula is C33H69NO3. The molecule has 1 atom stereocenters. The topological polar surface area (TPSA) is 53.7 Å². The van der Waals surface area contributed by atoms with Crippen LogP contribution in [0.25, 0.3) is 0 Å². The third-order valence-electron chi connectivity index (χ3n) is 7.58. The van der Waals surface area contributed by atoms with Gasteiger partial charge in [0.1, 0.15) is 6.10 Å². The Labute approximate surface area is 233 Å². The van der Waals surface area contributed by atoms with Crippen molar-refractivity contribution < 1.29 is 14.2 Å². The zero-order valence-electron chi connectivity index (χ0n) is 26.0. The Morgan fingerprint density at radius 2 is 0.703 bits per heavy atom. The molecular weight excluding hydrogens is 458 g/mol. The largest absolute Gasteiger partial charge is 0.371 e. The fourth-order valence-corrected chi connectivity index (χ4v) is 4.82. The van der Waals surface area contributed by atoms with Crippen molar-refractivity contribution in [3.05, 3.63) is 0 Å². The van der Waals surface area contributed by atoms with E-state index in [0.29, 0.717) is 13.2 Å². The van der Waals surface area contributed by atoms with Gasteiger partial charge in [-0.15, -0.1) is 0 Å². The van der Waals surface area contributed by atoms with Gasteiger partial charge in [-0.3, -0.25) is 5.73 Å². The lowest BCUT2D eigenvalue weighted by Gasteiger charge is -2.35. The van der Waals surface area contributed by atoms with Crippen LogP contribution >= 0.6 is 0 Å². The molecule has 0 aliphatic rings. The molecule has 0 bridgehead atoms. The van der Waals surface area contributed by atoms with Crippen LogP contribution in [0, 0.1) is 0 Å². The average Bonchev–Trinajstić information content (AvgIpc) is 2.90. The van der Waals surface area contributed by atoms with E-state index in [9.17, 15) is 0 Å². The third-order valence-corrected chi connectivity index (χ3v) is 7.58. The van der Waals surface area contributed by atoms with Crippen molar-refractivity contribution in [1.29, 1.82) is 0 Å². The summed E-state index contributed by atoms with van der Waals surface area (Å²) in [6, 6.07) is 0. The van der Waals surface area contributed by atoms with Crippen molar-refractivity contribution in [2.24, 2.45) is 5.73 Å². The minimum absolute atomic E-state index is 0.264. The van der Waals surface area contributed by atoms with Crippen LogP contribution in [0.15, 0.2) is 0 Å². The zero-order valence-corrected chi connectivity index (χ0v) is 26.0. The molecule has 0 rings (SSSR count). The van der Waals surface area contributed by atoms with E-state index < -0.39 is 5.91 Å². The molecule has 0 spiro atoms. The van der Waals surface area contributed by atoms with Crippen LogP contribution in [0.3, 0.4) is 0 Å². The number of nitrogens with two attached hydrogens (primary N) is 1. The van der Waals surface area contributed by atoms with E-state index in [-0.39, 0.29) is 6.10 Å². The lowest BCUT2D eigenvalue weighted by molar-refractivity contribution is -0.286. The predicted octanol–water partition coefficient (Wildman–Crippen LogP) is 10.5. The predicted molar refractivity (Wildman–Crippen MR) is 162 cm³/mol. The van der Waals surface area contributed by atoms with Crippen molar-refractivity contribution in [3.8, 4) is 0 Å². The van der Waals surface area contributed by atoms with Crippen LogP contribution < -0.4 is 5.73 Å². The maximum atomic E-state index is 6.67. The smallest absolute Gasteiger partial charge is 0.252 e. The van der Waals surface area contributed by atoms with Gasteiger partial charge in [-0.25, -0.2) is 0 Å². The van der Waals surface area contributed by atoms with Gasteiger partial charge in [-0.05, 0) is 26.2 Å². The quantitative estimate of drug-likeness (QED) is 0.0719. The Morgan fingerprint density at radius 1 is 0.432 bits per heavy atom. The van der Waals surface area contributed by atoms with Gasteiger partial charge in [-0.2, -0.15) is 0 Å². The van der Waals surface area contributed by atoms with Crippen LogP contribution in [0.5, 0.6) is 0 Å². The Balaban J connectivity index is 4.24. The molecule has 37 heavy (non-hydrogen) atoms. The lowest BCUT2D eigenvalue weighted by Crippen LogP contribution is -2.55. The summed E-state index contributed by atoms with van der Waals surface area (Å²) in [5.41, 5.74) is 6.67. The summed E-state index contributed by atoms with van der Waals surface area (Å²) < 4.78 is 18.5. The van der Waals surface area contributed by atoms with Crippen LogP contribution in [0.1, 0.15) is 182 Å². The summed E-state index contributed by atoms with van der Waals surface area (Å²) in [5.74, 6) is -1.14. The summed E-state index contributed by atoms with van der Waals surface area (Å²) in [4.78, 5) is 0. The van der Waals surface area contributed by atoms with Gasteiger partial charge in [0, 0.05) is 6.61 Å². The van der Waals surface area contributed by atoms with Crippen molar-refractivity contribution >= 4 is 0 Å². The third kappa shape index (κ3) is 24.6. The molecule has 0 amide bonds. The second kappa shape index (κ2) is 28.8. The van der Waals surface area contributed by atoms with E-state index in [1.165, 1.54) is 135 Å². The van der Waals surface area contributed by atoms with E-state index >= 15 is 0 Å². The Morgan fingerprint density at radius 3 is 1.03 bits per heavy atom. The SMILES string of the molecule is CCCCCCCCCCOC(C)C(N)(OCCCCCCCCCC)OCCCCCCCCCC. The Bertz CT molecular complexity index is 410. The zero-order chi connectivity index (χ0) is 27.3. The van der Waals surface area contributed by atoms with E-state index in [0.717, 1.165) is 25.9 Å². The molecule has 0 saturated carbocycles. The normalized spacial score (nSPS) is 12.9. The van der Waals surface area contributed by atoms with E-state index in [1.54, 1.807) is 0 Å². The highest BCUT2D eigenvalue weighted by molar-refractivity contribution is 4.71. The molecule has 0 aromatic rings. The van der Waals surface area contributed by atoms with Gasteiger partial charge in [0.25, 0.3) is 5.91 Å². The maximum Gasteiger partial charge on any atom is 0.252 e. The number of rotatable bonds is 31. The standard InChI is InChI=1S/C33H69NO3/c1-5-8-11-14-17-20-23-26-29-35-32(4)33(34,36-30-27-24-21-18-15-12-9-6-2)37-31-28-25-22-19-16-13-10-7-3/h32H,5-31,34H2,1-4H3. The van der Waals surface area contributed by atoms with E-state index in [1.807, 2.05) is 6.92 Å². The summed E-state index contributed by atoms with van der Waals surface area (Å²) in [6.07, 6.45) is 30.7. The minimum atomic E-state index is -1.14. The van der Waals surface area contributed by atoms with Gasteiger partial charge in [0.05, 0.1) is 13.2 Å². The first-order valence-electron chi connectivity index (χ1n) is 16.8. The first-order chi connectivity index (χ1) is 18.1. The minimum Gasteiger partial charge on any atom is -0.371 e. The molecule has 0 saturated heterocycles. The highest BCUT2D eigenvalue weighted by Crippen LogP contribution is 2.19. The molecule has 0 aromatic heterocycles. The fourth-order valence-electron chi connectivity index (χ4n) is 4.82. The van der Waals surface area contributed by atoms with E-state index in [2.05, 4.69) is 20.8 Å². The molecule has 4 nitrogen and oxygen atoms in total. The molecule has 0 aliphatic heterocycles. The highest BCUT2D eigenvalue weighted by Gasteiger charge is 2.35. The molecule has 4 heteroatoms. The van der Waals surface area contributed by atoms with Crippen molar-refractivity contribution in [3.63, 3.8) is 0 Å². The molecule has 0 fully saturated rings. The Kier molecular flexibility index (Phi) is 28.7. The van der Waals surface area contributed by atoms with Crippen LogP contribution in [0.4, 0.5) is 0 Å². The summed E-state index contributed by atoms with van der Waals surface area (Å²) in [6.45, 7) is 10.9. The van der Waals surface area contributed by atoms with Gasteiger partial charge in [0.15, 0.2) is 0 Å². The second-order valence-electron chi connectivity index (χ2n) is 11.4. The summed E-state index contributed by atoms with van der Waals surface area (Å²) in [5, 5.41) is 0. The number of unbranched alkanes of at least 4 members (excludes halogenated alkanes) is 21. The molecule has 224 valence electrons. The number of hydrogen-bond donors (Lipinski definition) is 1. The van der Waals surface area contributed by atoms with Gasteiger partial charge in [0.2, 0.25) is 0 Å². The number of hydrogen-bond acceptors (Lipinski definition) is 4. The molecule has 0 radical (unpaired) electrons. The summed E-state index contributed by atoms with van der Waals surface area (Å²) in [7, 11) is 0. The molecule has 0 aromatic carbocycles. The second-order valence-corrected chi connectivity index (χ2v) is 11.4. The summed E-state index contributed by atoms with van der Waals surface area (Å²) >= 11 is 0. The molecule has 1 unspecified atom stereocenters. The van der Waals surface area contributed by atoms with Gasteiger partial charge in [-0.1, -0.05) is 156 Å². The number of ether oxygens (including phenoxy) is 3. The molecule has 0 aliphatic carbocycles. The highest BCUT2D eigenvalue weighted by atomic mass is 16.7. The monoisotopic (exact) mass is 528 g/mol. The van der Waals surface area contributed by atoms with Gasteiger partial charge >= 0.3 is 0 Å². The van der Waals surface area contributed by atoms with Crippen LogP contribution in [-0.2, 0) is 14.2 Å². The fraction of sp³-hybridized carbons (Fsp3) is 1.00. The van der Waals surface area contributed by atoms with Gasteiger partial charge < -0.3 is 14.2 Å². The average molecular weight is 528 g/mol. The maximum absolute atomic E-state index is 6.67. The van der Waals surface area contributed by atoms with E-state index in [4.69, 9.17) is 19.9 Å². The first kappa shape index (κ1) is 36.8. The molecule has 0 heterocycles. The van der Waals surface area contributed by atoms with Crippen molar-refractivity contribution in [2.75, 3.05) is 19.8 Å². The van der Waals surface area contributed by atoms with Crippen LogP contribution in [0.2, 0.25) is 0 Å².